The molecule has 0 aromatic heterocycles. The van der Waals surface area contributed by atoms with Gasteiger partial charge >= 0.3 is 0 Å². The molecule has 7 heteroatoms. The van der Waals surface area contributed by atoms with Crippen molar-refractivity contribution in [1.29, 1.82) is 0 Å². The number of hydrogen-bond donors (Lipinski definition) is 2. The zero-order valence-electron chi connectivity index (χ0n) is 11.6. The molecule has 3 N–H and O–H groups in total. The Labute approximate surface area is 130 Å². The minimum absolute atomic E-state index is 0.0360. The summed E-state index contributed by atoms with van der Waals surface area (Å²) in [6, 6.07) is 6.88. The van der Waals surface area contributed by atoms with Gasteiger partial charge in [-0.05, 0) is 18.2 Å². The Kier molecular flexibility index (Phi) is 6.94. The van der Waals surface area contributed by atoms with E-state index in [1.54, 1.807) is 36.0 Å². The Morgan fingerprint density at radius 1 is 1.40 bits per heavy atom. The molecule has 0 fully saturated rings. The molecule has 0 aliphatic carbocycles. The van der Waals surface area contributed by atoms with Gasteiger partial charge in [-0.1, -0.05) is 43.4 Å². The largest absolute Gasteiger partial charge is 0.389 e. The van der Waals surface area contributed by atoms with Gasteiger partial charge in [0.05, 0.1) is 5.75 Å². The van der Waals surface area contributed by atoms with Crippen molar-refractivity contribution in [1.82, 2.24) is 4.72 Å². The van der Waals surface area contributed by atoms with Crippen LogP contribution in [0.5, 0.6) is 0 Å². The van der Waals surface area contributed by atoms with Gasteiger partial charge in [-0.2, -0.15) is 11.8 Å². The summed E-state index contributed by atoms with van der Waals surface area (Å²) in [5.41, 5.74) is 6.96. The molecule has 1 aromatic rings. The molecule has 1 atom stereocenters. The second-order valence-corrected chi connectivity index (χ2v) is 8.01. The quantitative estimate of drug-likeness (QED) is 0.711. The first-order valence-corrected chi connectivity index (χ1v) is 9.52. The van der Waals surface area contributed by atoms with Crippen LogP contribution in [0.15, 0.2) is 24.3 Å². The van der Waals surface area contributed by atoms with Crippen LogP contribution < -0.4 is 10.5 Å². The van der Waals surface area contributed by atoms with E-state index >= 15 is 0 Å². The van der Waals surface area contributed by atoms with E-state index in [-0.39, 0.29) is 11.8 Å². The minimum atomic E-state index is -3.32. The summed E-state index contributed by atoms with van der Waals surface area (Å²) in [5, 5.41) is 0. The zero-order chi connectivity index (χ0) is 15.2. The highest BCUT2D eigenvalue weighted by Crippen LogP contribution is 2.09. The number of sulfonamides is 1. The molecule has 0 heterocycles. The highest BCUT2D eigenvalue weighted by Gasteiger charge is 2.15. The number of hydrogen-bond acceptors (Lipinski definition) is 4. The van der Waals surface area contributed by atoms with Gasteiger partial charge in [0.15, 0.2) is 0 Å². The molecule has 112 valence electrons. The molecule has 0 radical (unpaired) electrons. The topological polar surface area (TPSA) is 72.2 Å². The summed E-state index contributed by atoms with van der Waals surface area (Å²) in [7, 11) is -3.32. The van der Waals surface area contributed by atoms with Crippen LogP contribution in [0.3, 0.4) is 0 Å². The molecule has 4 nitrogen and oxygen atoms in total. The molecule has 0 amide bonds. The lowest BCUT2D eigenvalue weighted by molar-refractivity contribution is 0.570. The van der Waals surface area contributed by atoms with Crippen molar-refractivity contribution in [3.63, 3.8) is 0 Å². The molecule has 1 rings (SSSR count). The lowest BCUT2D eigenvalue weighted by Crippen LogP contribution is -2.35. The molecule has 1 unspecified atom stereocenters. The highest BCUT2D eigenvalue weighted by molar-refractivity contribution is 7.99. The van der Waals surface area contributed by atoms with Gasteiger partial charge in [0, 0.05) is 17.4 Å². The highest BCUT2D eigenvalue weighted by atomic mass is 32.2. The molecule has 20 heavy (non-hydrogen) atoms. The van der Waals surface area contributed by atoms with Gasteiger partial charge < -0.3 is 5.73 Å². The lowest BCUT2D eigenvalue weighted by Gasteiger charge is -2.13. The Balaban J connectivity index is 2.64. The molecule has 0 aliphatic heterocycles. The molecule has 0 saturated heterocycles. The Morgan fingerprint density at radius 2 is 2.00 bits per heavy atom. The number of benzene rings is 1. The van der Waals surface area contributed by atoms with E-state index in [0.29, 0.717) is 10.6 Å². The van der Waals surface area contributed by atoms with E-state index in [4.69, 9.17) is 18.0 Å². The van der Waals surface area contributed by atoms with Gasteiger partial charge in [-0.25, -0.2) is 13.1 Å². The van der Waals surface area contributed by atoms with E-state index in [1.165, 1.54) is 0 Å². The summed E-state index contributed by atoms with van der Waals surface area (Å²) < 4.78 is 26.7. The van der Waals surface area contributed by atoms with Crippen molar-refractivity contribution >= 4 is 39.0 Å². The molecular formula is C13H20N2O2S3. The van der Waals surface area contributed by atoms with Crippen molar-refractivity contribution in [3.05, 3.63) is 35.4 Å². The van der Waals surface area contributed by atoms with Crippen LogP contribution in [0.4, 0.5) is 0 Å². The third-order valence-corrected chi connectivity index (χ3v) is 5.40. The average molecular weight is 333 g/mol. The van der Waals surface area contributed by atoms with Gasteiger partial charge in [-0.3, -0.25) is 0 Å². The number of nitrogens with two attached hydrogens (primary N) is 1. The molecule has 0 spiro atoms. The number of nitrogens with one attached hydrogen (secondary N) is 1. The van der Waals surface area contributed by atoms with E-state index in [0.717, 1.165) is 17.1 Å². The van der Waals surface area contributed by atoms with E-state index in [2.05, 4.69) is 11.6 Å². The zero-order valence-corrected chi connectivity index (χ0v) is 14.1. The van der Waals surface area contributed by atoms with Crippen LogP contribution in [-0.2, 0) is 15.8 Å². The van der Waals surface area contributed by atoms with Crippen LogP contribution >= 0.6 is 24.0 Å². The maximum absolute atomic E-state index is 12.0. The number of thiocarbonyl (C=S) groups is 1. The number of rotatable bonds is 8. The van der Waals surface area contributed by atoms with Gasteiger partial charge in [-0.15, -0.1) is 0 Å². The van der Waals surface area contributed by atoms with E-state index in [1.807, 2.05) is 6.92 Å². The third kappa shape index (κ3) is 6.21. The fraction of sp³-hybridized carbons (Fsp3) is 0.462. The monoisotopic (exact) mass is 332 g/mol. The summed E-state index contributed by atoms with van der Waals surface area (Å²) in [5.74, 6) is 1.72. The maximum Gasteiger partial charge on any atom is 0.216 e. The van der Waals surface area contributed by atoms with E-state index < -0.39 is 10.0 Å². The Bertz CT molecular complexity index is 541. The van der Waals surface area contributed by atoms with Gasteiger partial charge in [0.1, 0.15) is 4.99 Å². The molecule has 1 aromatic carbocycles. The van der Waals surface area contributed by atoms with Crippen molar-refractivity contribution in [2.24, 2.45) is 5.73 Å². The van der Waals surface area contributed by atoms with Crippen LogP contribution in [0.1, 0.15) is 25.0 Å². The Hall–Kier alpha value is -0.630. The predicted octanol–water partition coefficient (Wildman–Crippen LogP) is 1.88. The predicted molar refractivity (Wildman–Crippen MR) is 90.5 cm³/mol. The standard InChI is InChI=1S/C13H20N2O2S3/c1-3-19-8-10(2)15-20(16,17)9-11-4-6-12(7-5-11)13(14)18/h4-7,10,15H,3,8-9H2,1-2H3,(H2,14,18). The third-order valence-electron chi connectivity index (χ3n) is 2.55. The van der Waals surface area contributed by atoms with E-state index in [9.17, 15) is 8.42 Å². The van der Waals surface area contributed by atoms with Crippen molar-refractivity contribution in [2.75, 3.05) is 11.5 Å². The van der Waals surface area contributed by atoms with Crippen LogP contribution in [0, 0.1) is 0 Å². The van der Waals surface area contributed by atoms with Crippen molar-refractivity contribution < 1.29 is 8.42 Å². The summed E-state index contributed by atoms with van der Waals surface area (Å²) >= 11 is 6.57. The van der Waals surface area contributed by atoms with Crippen molar-refractivity contribution in [3.8, 4) is 0 Å². The first-order chi connectivity index (χ1) is 9.34. The fourth-order valence-corrected chi connectivity index (χ4v) is 3.99. The number of thioether (sulfide) groups is 1. The van der Waals surface area contributed by atoms with Gasteiger partial charge in [0.25, 0.3) is 0 Å². The minimum Gasteiger partial charge on any atom is -0.389 e. The Morgan fingerprint density at radius 3 is 2.50 bits per heavy atom. The maximum atomic E-state index is 12.0. The lowest BCUT2D eigenvalue weighted by atomic mass is 10.1. The summed E-state index contributed by atoms with van der Waals surface area (Å²) in [6.45, 7) is 3.92. The first kappa shape index (κ1) is 17.4. The van der Waals surface area contributed by atoms with Crippen LogP contribution in [-0.4, -0.2) is 31.0 Å². The molecular weight excluding hydrogens is 312 g/mol. The second kappa shape index (κ2) is 7.97. The smallest absolute Gasteiger partial charge is 0.216 e. The summed E-state index contributed by atoms with van der Waals surface area (Å²) in [4.78, 5) is 0.308. The molecule has 0 saturated carbocycles. The molecule has 0 aliphatic rings. The van der Waals surface area contributed by atoms with Gasteiger partial charge in [0.2, 0.25) is 10.0 Å². The average Bonchev–Trinajstić information content (AvgIpc) is 2.35. The normalized spacial score (nSPS) is 13.1. The molecule has 0 bridgehead atoms. The summed E-state index contributed by atoms with van der Waals surface area (Å²) in [6.07, 6.45) is 0. The van der Waals surface area contributed by atoms with Crippen molar-refractivity contribution in [2.45, 2.75) is 25.6 Å². The van der Waals surface area contributed by atoms with Crippen LogP contribution in [0.25, 0.3) is 0 Å². The second-order valence-electron chi connectivity index (χ2n) is 4.50. The SMILES string of the molecule is CCSCC(C)NS(=O)(=O)Cc1ccc(C(N)=S)cc1. The van der Waals surface area contributed by atoms with Crippen LogP contribution in [0.2, 0.25) is 0 Å². The first-order valence-electron chi connectivity index (χ1n) is 6.30. The fourth-order valence-electron chi connectivity index (χ4n) is 1.66.